The lowest BCUT2D eigenvalue weighted by atomic mass is 10.1. The summed E-state index contributed by atoms with van der Waals surface area (Å²) in [7, 11) is -3.53. The second-order valence-corrected chi connectivity index (χ2v) is 9.35. The van der Waals surface area contributed by atoms with Crippen LogP contribution in [0, 0.1) is 0 Å². The van der Waals surface area contributed by atoms with E-state index in [2.05, 4.69) is 5.32 Å². The molecule has 0 saturated carbocycles. The first-order valence-electron chi connectivity index (χ1n) is 6.36. The molecule has 1 atom stereocenters. The first-order chi connectivity index (χ1) is 9.67. The Morgan fingerprint density at radius 3 is 2.10 bits per heavy atom. The van der Waals surface area contributed by atoms with Gasteiger partial charge in [-0.25, -0.2) is 16.8 Å². The summed E-state index contributed by atoms with van der Waals surface area (Å²) >= 11 is 0. The topological polar surface area (TPSA) is 89.5 Å². The van der Waals surface area contributed by atoms with Crippen LogP contribution in [0.15, 0.2) is 24.3 Å². The zero-order valence-corrected chi connectivity index (χ0v) is 14.0. The lowest BCUT2D eigenvalue weighted by molar-refractivity contribution is 0.414. The van der Waals surface area contributed by atoms with E-state index in [1.807, 2.05) is 0 Å². The van der Waals surface area contributed by atoms with Crippen LogP contribution in [0.2, 0.25) is 0 Å². The highest BCUT2D eigenvalue weighted by molar-refractivity contribution is 7.94. The highest BCUT2D eigenvalue weighted by atomic mass is 32.2. The molecule has 8 heteroatoms. The van der Waals surface area contributed by atoms with Crippen molar-refractivity contribution in [1.29, 1.82) is 0 Å². The smallest absolute Gasteiger partial charge is 0.153 e. The standard InChI is InChI=1S/C13H21NO5S2/c1-14-13(11-4-6-12(19-2)7-5-11)10-21(17,18)9-8-20(3,15)16/h4-7,13-14H,8-10H2,1-3H3. The molecule has 120 valence electrons. The second-order valence-electron chi connectivity index (χ2n) is 4.86. The van der Waals surface area contributed by atoms with Gasteiger partial charge < -0.3 is 10.1 Å². The molecular weight excluding hydrogens is 314 g/mol. The molecule has 0 fully saturated rings. The number of benzene rings is 1. The summed E-state index contributed by atoms with van der Waals surface area (Å²) < 4.78 is 51.2. The van der Waals surface area contributed by atoms with Crippen molar-refractivity contribution < 1.29 is 21.6 Å². The lowest BCUT2D eigenvalue weighted by Gasteiger charge is -2.17. The van der Waals surface area contributed by atoms with Gasteiger partial charge in [-0.1, -0.05) is 12.1 Å². The van der Waals surface area contributed by atoms with Crippen LogP contribution < -0.4 is 10.1 Å². The molecule has 6 nitrogen and oxygen atoms in total. The van der Waals surface area contributed by atoms with Gasteiger partial charge in [0.1, 0.15) is 15.6 Å². The number of ether oxygens (including phenoxy) is 1. The molecule has 1 rings (SSSR count). The summed E-state index contributed by atoms with van der Waals surface area (Å²) in [6.45, 7) is 0. The van der Waals surface area contributed by atoms with E-state index in [-0.39, 0.29) is 23.3 Å². The summed E-state index contributed by atoms with van der Waals surface area (Å²) in [5.41, 5.74) is 0.807. The number of rotatable bonds is 8. The van der Waals surface area contributed by atoms with Crippen LogP contribution in [-0.4, -0.2) is 54.5 Å². The molecule has 0 aromatic heterocycles. The molecule has 0 spiro atoms. The van der Waals surface area contributed by atoms with Gasteiger partial charge in [0, 0.05) is 12.3 Å². The van der Waals surface area contributed by atoms with Crippen molar-refractivity contribution in [3.8, 4) is 5.75 Å². The molecule has 0 aliphatic heterocycles. The summed E-state index contributed by atoms with van der Waals surface area (Å²) in [6, 6.07) is 6.68. The molecule has 1 N–H and O–H groups in total. The molecule has 0 aliphatic rings. The van der Waals surface area contributed by atoms with Crippen LogP contribution in [0.1, 0.15) is 11.6 Å². The predicted molar refractivity (Wildman–Crippen MR) is 83.2 cm³/mol. The quantitative estimate of drug-likeness (QED) is 0.740. The number of hydrogen-bond donors (Lipinski definition) is 1. The number of methoxy groups -OCH3 is 1. The van der Waals surface area contributed by atoms with E-state index in [0.717, 1.165) is 11.8 Å². The Hall–Kier alpha value is -1.12. The fraction of sp³-hybridized carbons (Fsp3) is 0.538. The van der Waals surface area contributed by atoms with Crippen molar-refractivity contribution in [3.63, 3.8) is 0 Å². The maximum Gasteiger partial charge on any atom is 0.153 e. The van der Waals surface area contributed by atoms with Gasteiger partial charge >= 0.3 is 0 Å². The minimum absolute atomic E-state index is 0.147. The average molecular weight is 335 g/mol. The Kier molecular flexibility index (Phi) is 6.18. The van der Waals surface area contributed by atoms with E-state index in [1.165, 1.54) is 0 Å². The number of nitrogens with one attached hydrogen (secondary N) is 1. The number of sulfone groups is 2. The van der Waals surface area contributed by atoms with Gasteiger partial charge in [-0.3, -0.25) is 0 Å². The largest absolute Gasteiger partial charge is 0.497 e. The fourth-order valence-corrected chi connectivity index (χ4v) is 5.06. The van der Waals surface area contributed by atoms with E-state index < -0.39 is 19.7 Å². The van der Waals surface area contributed by atoms with Crippen molar-refractivity contribution in [2.75, 3.05) is 37.7 Å². The molecule has 1 aromatic rings. The third kappa shape index (κ3) is 6.45. The van der Waals surface area contributed by atoms with Gasteiger partial charge in [-0.05, 0) is 24.7 Å². The van der Waals surface area contributed by atoms with Crippen LogP contribution in [0.5, 0.6) is 5.75 Å². The van der Waals surface area contributed by atoms with Gasteiger partial charge in [-0.2, -0.15) is 0 Å². The van der Waals surface area contributed by atoms with Crippen LogP contribution in [0.4, 0.5) is 0 Å². The van der Waals surface area contributed by atoms with Crippen LogP contribution >= 0.6 is 0 Å². The molecule has 0 aliphatic carbocycles. The van der Waals surface area contributed by atoms with Gasteiger partial charge in [0.2, 0.25) is 0 Å². The van der Waals surface area contributed by atoms with E-state index in [9.17, 15) is 16.8 Å². The zero-order valence-electron chi connectivity index (χ0n) is 12.4. The Morgan fingerprint density at radius 1 is 1.10 bits per heavy atom. The third-order valence-corrected chi connectivity index (χ3v) is 5.92. The molecular formula is C13H21NO5S2. The van der Waals surface area contributed by atoms with Gasteiger partial charge in [0.05, 0.1) is 24.4 Å². The molecule has 0 radical (unpaired) electrons. The minimum Gasteiger partial charge on any atom is -0.497 e. The first kappa shape index (κ1) is 17.9. The summed E-state index contributed by atoms with van der Waals surface area (Å²) in [5, 5.41) is 2.94. The summed E-state index contributed by atoms with van der Waals surface area (Å²) in [4.78, 5) is 0. The number of hydrogen-bond acceptors (Lipinski definition) is 6. The van der Waals surface area contributed by atoms with Crippen molar-refractivity contribution in [2.24, 2.45) is 0 Å². The normalized spacial score (nSPS) is 13.9. The van der Waals surface area contributed by atoms with Gasteiger partial charge in [0.15, 0.2) is 9.84 Å². The van der Waals surface area contributed by atoms with Gasteiger partial charge in [0.25, 0.3) is 0 Å². The van der Waals surface area contributed by atoms with E-state index in [1.54, 1.807) is 38.4 Å². The molecule has 0 heterocycles. The third-order valence-electron chi connectivity index (χ3n) is 3.05. The highest BCUT2D eigenvalue weighted by Crippen LogP contribution is 2.19. The zero-order chi connectivity index (χ0) is 16.1. The molecule has 21 heavy (non-hydrogen) atoms. The van der Waals surface area contributed by atoms with Crippen LogP contribution in [0.25, 0.3) is 0 Å². The Balaban J connectivity index is 2.80. The van der Waals surface area contributed by atoms with Crippen molar-refractivity contribution in [1.82, 2.24) is 5.32 Å². The van der Waals surface area contributed by atoms with E-state index in [0.29, 0.717) is 5.75 Å². The SMILES string of the molecule is CNC(CS(=O)(=O)CCS(C)(=O)=O)c1ccc(OC)cc1. The first-order valence-corrected chi connectivity index (χ1v) is 10.2. The van der Waals surface area contributed by atoms with E-state index in [4.69, 9.17) is 4.74 Å². The molecule has 1 aromatic carbocycles. The van der Waals surface area contributed by atoms with Gasteiger partial charge in [-0.15, -0.1) is 0 Å². The van der Waals surface area contributed by atoms with E-state index >= 15 is 0 Å². The molecule has 0 saturated heterocycles. The monoisotopic (exact) mass is 335 g/mol. The van der Waals surface area contributed by atoms with Crippen molar-refractivity contribution in [3.05, 3.63) is 29.8 Å². The Bertz CT molecular complexity index is 650. The summed E-state index contributed by atoms with van der Waals surface area (Å²) in [5.74, 6) is -0.173. The summed E-state index contributed by atoms with van der Waals surface area (Å²) in [6.07, 6.45) is 1.03. The minimum atomic E-state index is -3.46. The van der Waals surface area contributed by atoms with Crippen LogP contribution in [-0.2, 0) is 19.7 Å². The predicted octanol–water partition coefficient (Wildman–Crippen LogP) is 0.415. The maximum atomic E-state index is 12.0. The maximum absolute atomic E-state index is 12.0. The second kappa shape index (κ2) is 7.24. The molecule has 1 unspecified atom stereocenters. The lowest BCUT2D eigenvalue weighted by Crippen LogP contribution is -2.28. The Morgan fingerprint density at radius 2 is 1.67 bits per heavy atom. The Labute approximate surface area is 126 Å². The van der Waals surface area contributed by atoms with Crippen molar-refractivity contribution >= 4 is 19.7 Å². The highest BCUT2D eigenvalue weighted by Gasteiger charge is 2.21. The molecule has 0 bridgehead atoms. The fourth-order valence-electron chi connectivity index (χ4n) is 1.80. The molecule has 0 amide bonds. The van der Waals surface area contributed by atoms with Crippen LogP contribution in [0.3, 0.4) is 0 Å². The average Bonchev–Trinajstić information content (AvgIpc) is 2.42. The van der Waals surface area contributed by atoms with Crippen molar-refractivity contribution in [2.45, 2.75) is 6.04 Å².